The van der Waals surface area contributed by atoms with Crippen molar-refractivity contribution in [2.24, 2.45) is 17.6 Å². The summed E-state index contributed by atoms with van der Waals surface area (Å²) in [5.74, 6) is -10.1. The van der Waals surface area contributed by atoms with Gasteiger partial charge in [-0.3, -0.25) is 19.3 Å². The lowest BCUT2D eigenvalue weighted by Gasteiger charge is -2.54. The van der Waals surface area contributed by atoms with Crippen molar-refractivity contribution >= 4 is 41.0 Å². The molecule has 15 nitrogen and oxygen atoms in total. The Bertz CT molecular complexity index is 1630. The molecule has 15 heteroatoms. The number of hydrogen-bond acceptors (Lipinski definition) is 11. The second-order valence-electron chi connectivity index (χ2n) is 14.5. The Morgan fingerprint density at radius 3 is 2.00 bits per heavy atom. The third kappa shape index (κ3) is 6.69. The first kappa shape index (κ1) is 38.8. The van der Waals surface area contributed by atoms with E-state index in [0.717, 1.165) is 0 Å². The highest BCUT2D eigenvalue weighted by atomic mass is 16.6. The number of aromatic hydroxyl groups is 1. The number of hydrogen-bond donors (Lipinski definition) is 8. The lowest BCUT2D eigenvalue weighted by atomic mass is 9.54. The number of aliphatic hydroxyl groups excluding tert-OH is 3. The number of rotatable bonds is 4. The van der Waals surface area contributed by atoms with Crippen LogP contribution in [0.2, 0.25) is 0 Å². The molecular formula is C34H49N5O10. The summed E-state index contributed by atoms with van der Waals surface area (Å²) in [5.41, 5.74) is -0.581. The summed E-state index contributed by atoms with van der Waals surface area (Å²) in [4.78, 5) is 68.3. The first-order valence-electron chi connectivity index (χ1n) is 16.0. The van der Waals surface area contributed by atoms with Crippen LogP contribution in [0.25, 0.3) is 5.76 Å². The molecule has 0 heterocycles. The molecule has 9 N–H and O–H groups in total. The third-order valence-corrected chi connectivity index (χ3v) is 8.57. The zero-order valence-electron chi connectivity index (χ0n) is 29.8. The van der Waals surface area contributed by atoms with Crippen LogP contribution in [0.1, 0.15) is 79.4 Å². The van der Waals surface area contributed by atoms with E-state index in [1.807, 2.05) is 13.8 Å². The van der Waals surface area contributed by atoms with Gasteiger partial charge in [0.05, 0.1) is 29.3 Å². The topological polar surface area (TPSA) is 241 Å². The van der Waals surface area contributed by atoms with Gasteiger partial charge in [0, 0.05) is 22.6 Å². The molecule has 0 aliphatic heterocycles. The van der Waals surface area contributed by atoms with Crippen LogP contribution in [0.3, 0.4) is 0 Å². The zero-order chi connectivity index (χ0) is 37.7. The first-order chi connectivity index (χ1) is 22.5. The highest BCUT2D eigenvalue weighted by molar-refractivity contribution is 6.25. The van der Waals surface area contributed by atoms with Crippen molar-refractivity contribution in [2.75, 3.05) is 19.4 Å². The molecule has 3 aliphatic rings. The standard InChI is InChI=1S/C32H43N5O10.C2H6/c1-12-13-10-11-14(34-28(45)35-30(2,3)4)21(38)16(13)22(39)17-15(12)23(40)19-20(37(8)9)24(41)18(27(33)44)26(43)32(19,25(17)42)47-29(46)36-31(5,6)7;1-2/h10-12,15,19-20,23,38-40,43H,1-9H3,(H2,33,44)(H,36,46)(H2,34,35,45);1-2H3/t12-,15+,19+,20-,23-,32-;/m0./s1. The van der Waals surface area contributed by atoms with Gasteiger partial charge < -0.3 is 46.8 Å². The van der Waals surface area contributed by atoms with E-state index in [0.29, 0.717) is 5.56 Å². The van der Waals surface area contributed by atoms with E-state index in [9.17, 15) is 44.4 Å². The number of primary amides is 1. The number of carbonyl (C=O) groups excluding carboxylic acids is 5. The monoisotopic (exact) mass is 687 g/mol. The number of fused-ring (bicyclic) bond motifs is 3. The van der Waals surface area contributed by atoms with Crippen molar-refractivity contribution in [3.63, 3.8) is 0 Å². The zero-order valence-corrected chi connectivity index (χ0v) is 29.8. The molecule has 0 unspecified atom stereocenters. The summed E-state index contributed by atoms with van der Waals surface area (Å²) in [6.45, 7) is 15.7. The lowest BCUT2D eigenvalue weighted by Crippen LogP contribution is -2.72. The van der Waals surface area contributed by atoms with Crippen molar-refractivity contribution in [1.82, 2.24) is 15.5 Å². The molecule has 4 rings (SSSR count). The maximum Gasteiger partial charge on any atom is 0.409 e. The van der Waals surface area contributed by atoms with Crippen molar-refractivity contribution < 1.29 is 49.1 Å². The number of urea groups is 1. The number of amides is 4. The Kier molecular flexibility index (Phi) is 10.6. The molecule has 49 heavy (non-hydrogen) atoms. The number of Topliss-reactive ketones (excluding diaryl/α,β-unsaturated/α-hetero) is 2. The van der Waals surface area contributed by atoms with Gasteiger partial charge >= 0.3 is 12.1 Å². The van der Waals surface area contributed by atoms with Crippen LogP contribution in [-0.2, 0) is 19.1 Å². The fourth-order valence-electron chi connectivity index (χ4n) is 6.83. The van der Waals surface area contributed by atoms with Gasteiger partial charge in [-0.15, -0.1) is 0 Å². The van der Waals surface area contributed by atoms with Crippen LogP contribution >= 0.6 is 0 Å². The maximum atomic E-state index is 14.8. The smallest absolute Gasteiger partial charge is 0.409 e. The summed E-state index contributed by atoms with van der Waals surface area (Å²) >= 11 is 0. The summed E-state index contributed by atoms with van der Waals surface area (Å²) in [5, 5.41) is 54.5. The van der Waals surface area contributed by atoms with Crippen LogP contribution in [0.15, 0.2) is 29.0 Å². The Morgan fingerprint density at radius 1 is 0.959 bits per heavy atom. The molecule has 0 bridgehead atoms. The van der Waals surface area contributed by atoms with E-state index in [4.69, 9.17) is 10.5 Å². The number of carbonyl (C=O) groups is 5. The van der Waals surface area contributed by atoms with Crippen LogP contribution in [0.5, 0.6) is 5.75 Å². The Morgan fingerprint density at radius 2 is 1.51 bits per heavy atom. The minimum absolute atomic E-state index is 0.116. The number of ether oxygens (including phenoxy) is 1. The van der Waals surface area contributed by atoms with E-state index in [-0.39, 0.29) is 11.3 Å². The van der Waals surface area contributed by atoms with Crippen molar-refractivity contribution in [2.45, 2.75) is 97.1 Å². The van der Waals surface area contributed by atoms with Gasteiger partial charge in [0.15, 0.2) is 11.5 Å². The lowest BCUT2D eigenvalue weighted by molar-refractivity contribution is -0.170. The van der Waals surface area contributed by atoms with Gasteiger partial charge in [-0.1, -0.05) is 26.8 Å². The fourth-order valence-corrected chi connectivity index (χ4v) is 6.83. The van der Waals surface area contributed by atoms with Gasteiger partial charge in [-0.05, 0) is 73.2 Å². The number of nitrogens with one attached hydrogen (secondary N) is 3. The minimum Gasteiger partial charge on any atom is -0.507 e. The number of aliphatic hydroxyl groups is 3. The van der Waals surface area contributed by atoms with Gasteiger partial charge in [0.2, 0.25) is 11.4 Å². The van der Waals surface area contributed by atoms with E-state index in [2.05, 4.69) is 16.0 Å². The number of phenolic OH excluding ortho intramolecular Hbond substituents is 1. The summed E-state index contributed by atoms with van der Waals surface area (Å²) in [6, 6.07) is 0.728. The molecule has 1 saturated carbocycles. The van der Waals surface area contributed by atoms with E-state index in [1.54, 1.807) is 48.5 Å². The number of ketones is 2. The quantitative estimate of drug-likeness (QED) is 0.169. The number of alkyl carbamates (subject to hydrolysis) is 1. The van der Waals surface area contributed by atoms with E-state index in [1.165, 1.54) is 31.1 Å². The van der Waals surface area contributed by atoms with Gasteiger partial charge in [0.25, 0.3) is 5.91 Å². The van der Waals surface area contributed by atoms with Crippen LogP contribution in [-0.4, -0.2) is 97.8 Å². The molecule has 0 spiro atoms. The maximum absolute atomic E-state index is 14.8. The molecule has 6 atom stereocenters. The number of phenols is 1. The molecule has 3 aliphatic carbocycles. The summed E-state index contributed by atoms with van der Waals surface area (Å²) < 4.78 is 5.71. The molecule has 4 amide bonds. The number of benzene rings is 1. The van der Waals surface area contributed by atoms with Crippen molar-refractivity contribution in [1.29, 1.82) is 0 Å². The predicted octanol–water partition coefficient (Wildman–Crippen LogP) is 2.97. The van der Waals surface area contributed by atoms with Gasteiger partial charge in [-0.25, -0.2) is 9.59 Å². The Hall–Kier alpha value is -4.63. The molecule has 1 aromatic rings. The molecule has 1 fully saturated rings. The number of nitrogens with two attached hydrogens (primary N) is 1. The van der Waals surface area contributed by atoms with E-state index >= 15 is 0 Å². The molecule has 0 saturated heterocycles. The largest absolute Gasteiger partial charge is 0.507 e. The SMILES string of the molecule is CC.C[C@H]1c2ccc(NC(=O)NC(C)(C)C)c(O)c2C(O)=C2C(=O)[C@]3(OC(=O)NC(C)(C)C)C(O)=C(C(N)=O)C(=O)[C@@H](N(C)C)[C@@H]3[C@@H](O)[C@@H]21. The Balaban J connectivity index is 0.00000319. The highest BCUT2D eigenvalue weighted by Crippen LogP contribution is 2.57. The van der Waals surface area contributed by atoms with Crippen LogP contribution < -0.4 is 21.7 Å². The summed E-state index contributed by atoms with van der Waals surface area (Å²) in [6.07, 6.45) is -3.01. The molecule has 270 valence electrons. The Labute approximate surface area is 285 Å². The number of likely N-dealkylation sites (N-methyl/N-ethyl adjacent to an activating group) is 1. The van der Waals surface area contributed by atoms with Gasteiger partial charge in [0.1, 0.15) is 17.1 Å². The van der Waals surface area contributed by atoms with Crippen LogP contribution in [0.4, 0.5) is 15.3 Å². The number of anilines is 1. The summed E-state index contributed by atoms with van der Waals surface area (Å²) in [7, 11) is 2.87. The fraction of sp³-hybridized carbons (Fsp3) is 0.559. The second-order valence-corrected chi connectivity index (χ2v) is 14.5. The van der Waals surface area contributed by atoms with E-state index < -0.39 is 105 Å². The molecule has 0 aromatic heterocycles. The predicted molar refractivity (Wildman–Crippen MR) is 181 cm³/mol. The van der Waals surface area contributed by atoms with Crippen molar-refractivity contribution in [3.8, 4) is 5.75 Å². The molecule has 0 radical (unpaired) electrons. The third-order valence-electron chi connectivity index (χ3n) is 8.57. The average molecular weight is 688 g/mol. The average Bonchev–Trinajstić information content (AvgIpc) is 2.94. The van der Waals surface area contributed by atoms with Crippen molar-refractivity contribution in [3.05, 3.63) is 40.2 Å². The first-order valence-corrected chi connectivity index (χ1v) is 16.0. The van der Waals surface area contributed by atoms with Gasteiger partial charge in [-0.2, -0.15) is 0 Å². The number of nitrogens with zero attached hydrogens (tertiary/aromatic N) is 1. The molecule has 1 aromatic carbocycles. The second kappa shape index (κ2) is 13.3. The highest BCUT2D eigenvalue weighted by Gasteiger charge is 2.71. The molecular weight excluding hydrogens is 638 g/mol. The van der Waals surface area contributed by atoms with Crippen LogP contribution in [0, 0.1) is 11.8 Å². The normalized spacial score (nSPS) is 26.5. The minimum atomic E-state index is -2.92.